The molecule has 0 atom stereocenters. The van der Waals surface area contributed by atoms with Gasteiger partial charge in [-0.15, -0.1) is 0 Å². The highest BCUT2D eigenvalue weighted by molar-refractivity contribution is 5.84. The number of rotatable bonds is 3. The van der Waals surface area contributed by atoms with Gasteiger partial charge in [0.2, 0.25) is 0 Å². The van der Waals surface area contributed by atoms with E-state index in [0.29, 0.717) is 5.92 Å². The van der Waals surface area contributed by atoms with Gasteiger partial charge in [0.15, 0.2) is 0 Å². The van der Waals surface area contributed by atoms with Crippen LogP contribution >= 0.6 is 0 Å². The van der Waals surface area contributed by atoms with E-state index in [4.69, 9.17) is 0 Å². The van der Waals surface area contributed by atoms with E-state index in [9.17, 15) is 9.90 Å². The molecule has 1 aromatic rings. The molecule has 2 aliphatic carbocycles. The maximum atomic E-state index is 11.4. The van der Waals surface area contributed by atoms with E-state index < -0.39 is 11.4 Å². The van der Waals surface area contributed by atoms with Gasteiger partial charge in [-0.2, -0.15) is 0 Å². The molecule has 0 radical (unpaired) electrons. The number of benzene rings is 1. The highest BCUT2D eigenvalue weighted by Crippen LogP contribution is 2.49. The first-order valence-electron chi connectivity index (χ1n) is 7.56. The molecule has 102 valence electrons. The van der Waals surface area contributed by atoms with Crippen LogP contribution in [-0.4, -0.2) is 11.1 Å². The van der Waals surface area contributed by atoms with E-state index in [1.54, 1.807) is 0 Å². The minimum absolute atomic E-state index is 0.555. The lowest BCUT2D eigenvalue weighted by Gasteiger charge is -2.17. The Balaban J connectivity index is 1.85. The van der Waals surface area contributed by atoms with Crippen LogP contribution in [0.4, 0.5) is 0 Å². The van der Waals surface area contributed by atoms with Gasteiger partial charge in [-0.05, 0) is 42.7 Å². The molecule has 0 aromatic heterocycles. The topological polar surface area (TPSA) is 37.3 Å². The normalized spacial score (nSPS) is 22.7. The summed E-state index contributed by atoms with van der Waals surface area (Å²) in [5.74, 6) is -0.00226. The summed E-state index contributed by atoms with van der Waals surface area (Å²) < 4.78 is 0. The van der Waals surface area contributed by atoms with Crippen LogP contribution in [0.2, 0.25) is 0 Å². The molecule has 0 spiro atoms. The van der Waals surface area contributed by atoms with Crippen LogP contribution in [-0.2, 0) is 10.2 Å². The summed E-state index contributed by atoms with van der Waals surface area (Å²) in [6.07, 6.45) is 9.49. The largest absolute Gasteiger partial charge is 0.481 e. The number of aliphatic carboxylic acids is 1. The third kappa shape index (κ3) is 2.41. The molecule has 0 bridgehead atoms. The van der Waals surface area contributed by atoms with Gasteiger partial charge in [-0.1, -0.05) is 49.9 Å². The lowest BCUT2D eigenvalue weighted by Crippen LogP contribution is -2.19. The Kier molecular flexibility index (Phi) is 3.34. The first-order chi connectivity index (χ1) is 9.22. The smallest absolute Gasteiger partial charge is 0.314 e. The molecule has 2 nitrogen and oxygen atoms in total. The first-order valence-corrected chi connectivity index (χ1v) is 7.56. The maximum Gasteiger partial charge on any atom is 0.314 e. The van der Waals surface area contributed by atoms with Crippen LogP contribution < -0.4 is 0 Å². The van der Waals surface area contributed by atoms with Crippen molar-refractivity contribution in [1.82, 2.24) is 0 Å². The number of carboxylic acid groups (broad SMARTS) is 1. The molecule has 0 heterocycles. The van der Waals surface area contributed by atoms with Crippen molar-refractivity contribution in [2.75, 3.05) is 0 Å². The minimum Gasteiger partial charge on any atom is -0.481 e. The Bertz CT molecular complexity index is 466. The zero-order valence-corrected chi connectivity index (χ0v) is 11.4. The lowest BCUT2D eigenvalue weighted by atomic mass is 9.87. The summed E-state index contributed by atoms with van der Waals surface area (Å²) in [5, 5.41) is 9.40. The van der Waals surface area contributed by atoms with E-state index in [0.717, 1.165) is 18.4 Å². The minimum atomic E-state index is -0.648. The fourth-order valence-corrected chi connectivity index (χ4v) is 3.45. The van der Waals surface area contributed by atoms with Crippen molar-refractivity contribution in [2.24, 2.45) is 0 Å². The van der Waals surface area contributed by atoms with E-state index in [-0.39, 0.29) is 0 Å². The summed E-state index contributed by atoms with van der Waals surface area (Å²) >= 11 is 0. The van der Waals surface area contributed by atoms with Gasteiger partial charge in [0.05, 0.1) is 5.41 Å². The summed E-state index contributed by atoms with van der Waals surface area (Å²) in [5.41, 5.74) is 1.84. The monoisotopic (exact) mass is 258 g/mol. The number of hydrogen-bond donors (Lipinski definition) is 1. The van der Waals surface area contributed by atoms with Crippen LogP contribution in [0.25, 0.3) is 0 Å². The van der Waals surface area contributed by atoms with Crippen LogP contribution in [0.3, 0.4) is 0 Å². The van der Waals surface area contributed by atoms with Gasteiger partial charge in [0.25, 0.3) is 0 Å². The molecule has 19 heavy (non-hydrogen) atoms. The van der Waals surface area contributed by atoms with E-state index in [1.165, 1.54) is 44.1 Å². The van der Waals surface area contributed by atoms with Crippen LogP contribution in [0, 0.1) is 0 Å². The SMILES string of the molecule is O=C(O)C1(c2cccc(C3CCCCCC3)c2)CC1. The van der Waals surface area contributed by atoms with Crippen molar-refractivity contribution in [2.45, 2.75) is 62.7 Å². The molecule has 0 unspecified atom stereocenters. The van der Waals surface area contributed by atoms with Crippen molar-refractivity contribution in [3.05, 3.63) is 35.4 Å². The first kappa shape index (κ1) is 12.7. The Morgan fingerprint density at radius 3 is 2.37 bits per heavy atom. The second kappa shape index (κ2) is 4.99. The standard InChI is InChI=1S/C17H22O2/c18-16(19)17(10-11-17)15-9-5-8-14(12-15)13-6-3-1-2-4-7-13/h5,8-9,12-13H,1-4,6-7,10-11H2,(H,18,19). The summed E-state index contributed by atoms with van der Waals surface area (Å²) in [4.78, 5) is 11.4. The zero-order valence-electron chi connectivity index (χ0n) is 11.4. The predicted molar refractivity (Wildman–Crippen MR) is 75.4 cm³/mol. The van der Waals surface area contributed by atoms with Crippen LogP contribution in [0.5, 0.6) is 0 Å². The summed E-state index contributed by atoms with van der Waals surface area (Å²) in [6, 6.07) is 8.43. The fraction of sp³-hybridized carbons (Fsp3) is 0.588. The van der Waals surface area contributed by atoms with Gasteiger partial charge in [0.1, 0.15) is 0 Å². The van der Waals surface area contributed by atoms with Crippen LogP contribution in [0.15, 0.2) is 24.3 Å². The van der Waals surface area contributed by atoms with Crippen LogP contribution in [0.1, 0.15) is 68.4 Å². The number of carboxylic acids is 1. The fourth-order valence-electron chi connectivity index (χ4n) is 3.45. The van der Waals surface area contributed by atoms with Gasteiger partial charge >= 0.3 is 5.97 Å². The Morgan fingerprint density at radius 2 is 1.79 bits per heavy atom. The van der Waals surface area contributed by atoms with Gasteiger partial charge in [-0.25, -0.2) is 0 Å². The van der Waals surface area contributed by atoms with E-state index in [1.807, 2.05) is 6.07 Å². The molecule has 2 heteroatoms. The van der Waals surface area contributed by atoms with Crippen molar-refractivity contribution in [3.8, 4) is 0 Å². The second-order valence-electron chi connectivity index (χ2n) is 6.20. The van der Waals surface area contributed by atoms with Gasteiger partial charge in [0, 0.05) is 0 Å². The molecule has 3 rings (SSSR count). The highest BCUT2D eigenvalue weighted by atomic mass is 16.4. The molecule has 2 saturated carbocycles. The number of hydrogen-bond acceptors (Lipinski definition) is 1. The molecule has 0 saturated heterocycles. The predicted octanol–water partition coefficient (Wildman–Crippen LogP) is 4.24. The number of carbonyl (C=O) groups is 1. The molecule has 2 aliphatic rings. The molecule has 1 N–H and O–H groups in total. The van der Waals surface area contributed by atoms with Crippen molar-refractivity contribution in [3.63, 3.8) is 0 Å². The van der Waals surface area contributed by atoms with Gasteiger partial charge < -0.3 is 5.11 Å². The molecular formula is C17H22O2. The molecule has 2 fully saturated rings. The lowest BCUT2D eigenvalue weighted by molar-refractivity contribution is -0.140. The van der Waals surface area contributed by atoms with Gasteiger partial charge in [-0.3, -0.25) is 4.79 Å². The molecule has 1 aromatic carbocycles. The molecule has 0 aliphatic heterocycles. The highest BCUT2D eigenvalue weighted by Gasteiger charge is 2.51. The maximum absolute atomic E-state index is 11.4. The molecular weight excluding hydrogens is 236 g/mol. The quantitative estimate of drug-likeness (QED) is 0.823. The van der Waals surface area contributed by atoms with E-state index in [2.05, 4.69) is 18.2 Å². The summed E-state index contributed by atoms with van der Waals surface area (Å²) in [7, 11) is 0. The third-order valence-corrected chi connectivity index (χ3v) is 4.93. The van der Waals surface area contributed by atoms with Crippen molar-refractivity contribution < 1.29 is 9.90 Å². The Morgan fingerprint density at radius 1 is 1.11 bits per heavy atom. The van der Waals surface area contributed by atoms with Crippen molar-refractivity contribution in [1.29, 1.82) is 0 Å². The summed E-state index contributed by atoms with van der Waals surface area (Å²) in [6.45, 7) is 0. The Labute approximate surface area is 114 Å². The average Bonchev–Trinajstić information content (AvgIpc) is 3.24. The van der Waals surface area contributed by atoms with Crippen molar-refractivity contribution >= 4 is 5.97 Å². The average molecular weight is 258 g/mol. The Hall–Kier alpha value is -1.31. The molecule has 0 amide bonds. The van der Waals surface area contributed by atoms with E-state index >= 15 is 0 Å². The third-order valence-electron chi connectivity index (χ3n) is 4.93. The second-order valence-corrected chi connectivity index (χ2v) is 6.20. The zero-order chi connectivity index (χ0) is 13.3.